The predicted octanol–water partition coefficient (Wildman–Crippen LogP) is 2.96. The van der Waals surface area contributed by atoms with E-state index >= 15 is 0 Å². The van der Waals surface area contributed by atoms with Gasteiger partial charge in [-0.25, -0.2) is 17.9 Å². The van der Waals surface area contributed by atoms with E-state index in [1.165, 1.54) is 18.8 Å². The Kier molecular flexibility index (Phi) is 5.54. The molecule has 0 unspecified atom stereocenters. The Hall–Kier alpha value is -1.61. The zero-order chi connectivity index (χ0) is 19.8. The summed E-state index contributed by atoms with van der Waals surface area (Å²) in [6.45, 7) is 0. The number of sulfonamides is 1. The highest BCUT2D eigenvalue weighted by Crippen LogP contribution is 2.38. The van der Waals surface area contributed by atoms with Crippen LogP contribution in [0.15, 0.2) is 29.3 Å². The van der Waals surface area contributed by atoms with Crippen molar-refractivity contribution in [2.45, 2.75) is 36.1 Å². The van der Waals surface area contributed by atoms with Crippen LogP contribution in [0.1, 0.15) is 35.3 Å². The maximum atomic E-state index is 13.0. The molecule has 27 heavy (non-hydrogen) atoms. The number of benzene rings is 1. The third-order valence-electron chi connectivity index (χ3n) is 4.78. The van der Waals surface area contributed by atoms with Crippen LogP contribution < -0.4 is 4.72 Å². The van der Waals surface area contributed by atoms with E-state index in [9.17, 15) is 13.2 Å². The van der Waals surface area contributed by atoms with Crippen molar-refractivity contribution in [1.82, 2.24) is 14.5 Å². The maximum absolute atomic E-state index is 13.0. The highest BCUT2D eigenvalue weighted by Gasteiger charge is 2.42. The van der Waals surface area contributed by atoms with Crippen molar-refractivity contribution in [3.63, 3.8) is 0 Å². The Balaban J connectivity index is 1.91. The number of methoxy groups -OCH3 is 1. The number of halogens is 2. The van der Waals surface area contributed by atoms with Gasteiger partial charge in [-0.2, -0.15) is 5.10 Å². The summed E-state index contributed by atoms with van der Waals surface area (Å²) >= 11 is 12.2. The molecule has 1 aliphatic carbocycles. The molecule has 1 heterocycles. The van der Waals surface area contributed by atoms with Gasteiger partial charge in [-0.15, -0.1) is 0 Å². The van der Waals surface area contributed by atoms with Gasteiger partial charge in [0.2, 0.25) is 10.0 Å². The van der Waals surface area contributed by atoms with Crippen molar-refractivity contribution >= 4 is 39.2 Å². The van der Waals surface area contributed by atoms with Crippen LogP contribution in [0.5, 0.6) is 0 Å². The van der Waals surface area contributed by atoms with Gasteiger partial charge in [0.15, 0.2) is 5.69 Å². The smallest absolute Gasteiger partial charge is 0.357 e. The summed E-state index contributed by atoms with van der Waals surface area (Å²) in [5.41, 5.74) is 0.0198. The molecule has 0 spiro atoms. The van der Waals surface area contributed by atoms with Gasteiger partial charge in [-0.3, -0.25) is 4.68 Å². The topological polar surface area (TPSA) is 90.3 Å². The third-order valence-corrected chi connectivity index (χ3v) is 6.95. The van der Waals surface area contributed by atoms with E-state index in [4.69, 9.17) is 23.2 Å². The third kappa shape index (κ3) is 3.99. The first-order valence-corrected chi connectivity index (χ1v) is 10.5. The SMILES string of the molecule is COC(=O)c1c(S(=O)(=O)NC2(Cc3ccc(Cl)cc3Cl)CCC2)cnn1C. The summed E-state index contributed by atoms with van der Waals surface area (Å²) in [4.78, 5) is 11.8. The van der Waals surface area contributed by atoms with E-state index in [0.717, 1.165) is 18.2 Å². The fourth-order valence-corrected chi connectivity index (χ4v) is 5.32. The van der Waals surface area contributed by atoms with E-state index in [1.807, 2.05) is 0 Å². The standard InChI is InChI=1S/C17H19Cl2N3O4S/c1-22-15(16(23)26-2)14(10-20-22)27(24,25)21-17(6-3-7-17)9-11-4-5-12(18)8-13(11)19/h4-5,8,10,21H,3,6-7,9H2,1-2H3. The monoisotopic (exact) mass is 431 g/mol. The van der Waals surface area contributed by atoms with Crippen LogP contribution in [0.3, 0.4) is 0 Å². The molecule has 146 valence electrons. The molecule has 1 saturated carbocycles. The van der Waals surface area contributed by atoms with E-state index in [1.54, 1.807) is 18.2 Å². The van der Waals surface area contributed by atoms with Gasteiger partial charge in [-0.05, 0) is 43.4 Å². The second-order valence-electron chi connectivity index (χ2n) is 6.62. The summed E-state index contributed by atoms with van der Waals surface area (Å²) in [5.74, 6) is -0.765. The quantitative estimate of drug-likeness (QED) is 0.709. The van der Waals surface area contributed by atoms with E-state index in [-0.39, 0.29) is 10.6 Å². The van der Waals surface area contributed by atoms with Gasteiger partial charge in [0.05, 0.1) is 13.3 Å². The first-order valence-electron chi connectivity index (χ1n) is 8.26. The lowest BCUT2D eigenvalue weighted by Gasteiger charge is -2.42. The molecule has 0 atom stereocenters. The second kappa shape index (κ2) is 7.43. The molecule has 0 aliphatic heterocycles. The first kappa shape index (κ1) is 20.1. The molecule has 0 amide bonds. The van der Waals surface area contributed by atoms with Gasteiger partial charge < -0.3 is 4.74 Å². The summed E-state index contributed by atoms with van der Waals surface area (Å²) in [7, 11) is -1.31. The molecule has 1 aromatic carbocycles. The average molecular weight is 432 g/mol. The van der Waals surface area contributed by atoms with Crippen LogP contribution in [0, 0.1) is 0 Å². The lowest BCUT2D eigenvalue weighted by molar-refractivity contribution is 0.0583. The first-order chi connectivity index (χ1) is 12.7. The Morgan fingerprint density at radius 3 is 2.63 bits per heavy atom. The van der Waals surface area contributed by atoms with Crippen molar-refractivity contribution in [2.24, 2.45) is 7.05 Å². The molecule has 2 aromatic rings. The zero-order valence-electron chi connectivity index (χ0n) is 14.8. The Bertz CT molecular complexity index is 984. The fraction of sp³-hybridized carbons (Fsp3) is 0.412. The number of hydrogen-bond donors (Lipinski definition) is 1. The van der Waals surface area contributed by atoms with E-state index < -0.39 is 21.5 Å². The summed E-state index contributed by atoms with van der Waals surface area (Å²) in [6.07, 6.45) is 3.80. The van der Waals surface area contributed by atoms with Crippen LogP contribution in [0.25, 0.3) is 0 Å². The van der Waals surface area contributed by atoms with E-state index in [0.29, 0.717) is 29.3 Å². The number of hydrogen-bond acceptors (Lipinski definition) is 5. The van der Waals surface area contributed by atoms with Gasteiger partial charge in [0.1, 0.15) is 4.90 Å². The minimum absolute atomic E-state index is 0.121. The highest BCUT2D eigenvalue weighted by atomic mass is 35.5. The number of nitrogens with zero attached hydrogens (tertiary/aromatic N) is 2. The molecule has 0 radical (unpaired) electrons. The fourth-order valence-electron chi connectivity index (χ4n) is 3.23. The number of ether oxygens (including phenoxy) is 1. The number of aryl methyl sites for hydroxylation is 1. The van der Waals surface area contributed by atoms with Crippen LogP contribution in [0.2, 0.25) is 10.0 Å². The van der Waals surface area contributed by atoms with Crippen molar-refractivity contribution in [2.75, 3.05) is 7.11 Å². The van der Waals surface area contributed by atoms with Gasteiger partial charge >= 0.3 is 5.97 Å². The number of carbonyl (C=O) groups is 1. The van der Waals surface area contributed by atoms with Crippen LogP contribution in [0.4, 0.5) is 0 Å². The summed E-state index contributed by atoms with van der Waals surface area (Å²) < 4.78 is 34.6. The largest absolute Gasteiger partial charge is 0.464 e. The van der Waals surface area contributed by atoms with Crippen LogP contribution in [-0.4, -0.2) is 36.8 Å². The normalized spacial score (nSPS) is 16.0. The molecular weight excluding hydrogens is 413 g/mol. The highest BCUT2D eigenvalue weighted by molar-refractivity contribution is 7.89. The molecule has 1 fully saturated rings. The van der Waals surface area contributed by atoms with Gasteiger partial charge in [-0.1, -0.05) is 29.3 Å². The predicted molar refractivity (Wildman–Crippen MR) is 102 cm³/mol. The van der Waals surface area contributed by atoms with Crippen LogP contribution in [-0.2, 0) is 28.2 Å². The molecule has 3 rings (SSSR count). The lowest BCUT2D eigenvalue weighted by atomic mass is 9.74. The molecule has 10 heteroatoms. The van der Waals surface area contributed by atoms with Crippen molar-refractivity contribution in [1.29, 1.82) is 0 Å². The Morgan fingerprint density at radius 2 is 2.07 bits per heavy atom. The van der Waals surface area contributed by atoms with Gasteiger partial charge in [0, 0.05) is 22.6 Å². The molecule has 1 aromatic heterocycles. The maximum Gasteiger partial charge on any atom is 0.357 e. The summed E-state index contributed by atoms with van der Waals surface area (Å²) in [5, 5.41) is 4.90. The van der Waals surface area contributed by atoms with E-state index in [2.05, 4.69) is 14.6 Å². The number of nitrogens with one attached hydrogen (secondary N) is 1. The number of aromatic nitrogens is 2. The number of rotatable bonds is 6. The molecule has 1 aliphatic rings. The molecular formula is C17H19Cl2N3O4S. The minimum Gasteiger partial charge on any atom is -0.464 e. The Labute approximate surface area is 167 Å². The van der Waals surface area contributed by atoms with Crippen molar-refractivity contribution in [3.05, 3.63) is 45.7 Å². The average Bonchev–Trinajstić information content (AvgIpc) is 2.97. The number of carbonyl (C=O) groups excluding carboxylic acids is 1. The van der Waals surface area contributed by atoms with Crippen molar-refractivity contribution < 1.29 is 17.9 Å². The lowest BCUT2D eigenvalue weighted by Crippen LogP contribution is -2.55. The molecule has 7 nitrogen and oxygen atoms in total. The molecule has 0 saturated heterocycles. The minimum atomic E-state index is -3.99. The van der Waals surface area contributed by atoms with Crippen molar-refractivity contribution in [3.8, 4) is 0 Å². The number of esters is 1. The van der Waals surface area contributed by atoms with Crippen LogP contribution >= 0.6 is 23.2 Å². The summed E-state index contributed by atoms with van der Waals surface area (Å²) in [6, 6.07) is 5.15. The zero-order valence-corrected chi connectivity index (χ0v) is 17.2. The second-order valence-corrected chi connectivity index (χ2v) is 9.12. The molecule has 1 N–H and O–H groups in total. The molecule has 0 bridgehead atoms. The van der Waals surface area contributed by atoms with Gasteiger partial charge in [0.25, 0.3) is 0 Å². The Morgan fingerprint density at radius 1 is 1.37 bits per heavy atom.